The Morgan fingerprint density at radius 1 is 0.528 bits per heavy atom. The third-order valence-electron chi connectivity index (χ3n) is 4.85. The fraction of sp³-hybridized carbons (Fsp3) is 0.833. The summed E-state index contributed by atoms with van der Waals surface area (Å²) in [4.78, 5) is 51.0. The smallest absolute Gasteiger partial charge is 0.320 e. The van der Waals surface area contributed by atoms with E-state index in [0.717, 1.165) is 0 Å². The number of rotatable bonds is 23. The molecule has 0 aliphatic rings. The topological polar surface area (TPSA) is 136 Å². The normalized spacial score (nSPS) is 10.9. The Bertz CT molecular complexity index is 569. The first-order chi connectivity index (χ1) is 17.4. The fourth-order valence-corrected chi connectivity index (χ4v) is 3.26. The van der Waals surface area contributed by atoms with E-state index in [1.165, 1.54) is 0 Å². The predicted octanol–water partition coefficient (Wildman–Crippen LogP) is -0.198. The Morgan fingerprint density at radius 3 is 1.19 bits per heavy atom. The number of carbonyl (C=O) groups is 4. The van der Waals surface area contributed by atoms with Crippen molar-refractivity contribution in [1.29, 1.82) is 0 Å². The molecule has 0 spiro atoms. The average Bonchev–Trinajstić information content (AvgIpc) is 2.82. The highest BCUT2D eigenvalue weighted by molar-refractivity contribution is 5.72. The van der Waals surface area contributed by atoms with Gasteiger partial charge in [0, 0.05) is 13.1 Å². The van der Waals surface area contributed by atoms with E-state index in [1.807, 2.05) is 9.80 Å². The third-order valence-corrected chi connectivity index (χ3v) is 4.85. The van der Waals surface area contributed by atoms with Gasteiger partial charge < -0.3 is 29.6 Å². The lowest BCUT2D eigenvalue weighted by Crippen LogP contribution is -2.42. The van der Waals surface area contributed by atoms with Gasteiger partial charge in [-0.2, -0.15) is 0 Å². The van der Waals surface area contributed by atoms with E-state index < -0.39 is 0 Å². The minimum atomic E-state index is -0.308. The zero-order chi connectivity index (χ0) is 27.0. The molecule has 12 heteroatoms. The maximum Gasteiger partial charge on any atom is 0.320 e. The van der Waals surface area contributed by atoms with Crippen molar-refractivity contribution in [3.63, 3.8) is 0 Å². The number of ether oxygens (including phenoxy) is 4. The average molecular weight is 519 g/mol. The quantitative estimate of drug-likeness (QED) is 0.105. The summed E-state index contributed by atoms with van der Waals surface area (Å²) in [6.45, 7) is 12.4. The van der Waals surface area contributed by atoms with E-state index in [9.17, 15) is 19.2 Å². The molecule has 0 unspecified atom stereocenters. The Kier molecular flexibility index (Phi) is 21.7. The van der Waals surface area contributed by atoms with Crippen LogP contribution in [0.5, 0.6) is 0 Å². The maximum absolute atomic E-state index is 12.1. The van der Waals surface area contributed by atoms with E-state index in [1.54, 1.807) is 27.7 Å². The molecule has 12 nitrogen and oxygen atoms in total. The summed E-state index contributed by atoms with van der Waals surface area (Å²) in [5, 5.41) is 6.07. The molecule has 0 saturated carbocycles. The van der Waals surface area contributed by atoms with Crippen molar-refractivity contribution in [2.24, 2.45) is 0 Å². The van der Waals surface area contributed by atoms with Crippen LogP contribution in [0.4, 0.5) is 0 Å². The molecular weight excluding hydrogens is 472 g/mol. The van der Waals surface area contributed by atoms with Gasteiger partial charge in [-0.3, -0.25) is 29.0 Å². The van der Waals surface area contributed by atoms with Crippen LogP contribution in [0.2, 0.25) is 0 Å². The summed E-state index contributed by atoms with van der Waals surface area (Å²) < 4.78 is 20.0. The summed E-state index contributed by atoms with van der Waals surface area (Å²) in [5.41, 5.74) is 0. The molecule has 0 heterocycles. The molecule has 0 amide bonds. The standard InChI is InChI=1S/C24H46N4O8/c1-5-33-21(29)17-25-11-9-13-27(19-23(31)35-7-3)15-16-28(20-24(32)36-8-4)14-10-12-26-18-22(30)34-6-2/h25-26H,5-20H2,1-4H3. The van der Waals surface area contributed by atoms with Crippen molar-refractivity contribution in [2.45, 2.75) is 40.5 Å². The fourth-order valence-electron chi connectivity index (χ4n) is 3.26. The molecule has 0 rings (SSSR count). The molecule has 0 aromatic rings. The van der Waals surface area contributed by atoms with E-state index in [-0.39, 0.29) is 50.1 Å². The van der Waals surface area contributed by atoms with Crippen LogP contribution >= 0.6 is 0 Å². The van der Waals surface area contributed by atoms with Crippen LogP contribution in [-0.4, -0.2) is 126 Å². The summed E-state index contributed by atoms with van der Waals surface area (Å²) in [5.74, 6) is -1.21. The van der Waals surface area contributed by atoms with Gasteiger partial charge in [0.05, 0.1) is 52.6 Å². The Balaban J connectivity index is 4.73. The molecule has 0 radical (unpaired) electrons. The molecule has 36 heavy (non-hydrogen) atoms. The van der Waals surface area contributed by atoms with Gasteiger partial charge in [-0.25, -0.2) is 0 Å². The molecule has 0 saturated heterocycles. The molecule has 0 aromatic heterocycles. The lowest BCUT2D eigenvalue weighted by molar-refractivity contribution is -0.146. The van der Waals surface area contributed by atoms with Gasteiger partial charge in [0.2, 0.25) is 0 Å². The van der Waals surface area contributed by atoms with Crippen LogP contribution < -0.4 is 10.6 Å². The van der Waals surface area contributed by atoms with Crippen molar-refractivity contribution in [2.75, 3.05) is 91.9 Å². The van der Waals surface area contributed by atoms with Crippen LogP contribution in [0.3, 0.4) is 0 Å². The Morgan fingerprint density at radius 2 is 0.861 bits per heavy atom. The van der Waals surface area contributed by atoms with Gasteiger partial charge in [-0.15, -0.1) is 0 Å². The highest BCUT2D eigenvalue weighted by Gasteiger charge is 2.16. The highest BCUT2D eigenvalue weighted by Crippen LogP contribution is 1.99. The number of nitrogens with zero attached hydrogens (tertiary/aromatic N) is 2. The zero-order valence-corrected chi connectivity index (χ0v) is 22.5. The number of carbonyl (C=O) groups excluding carboxylic acids is 4. The second-order valence-corrected chi connectivity index (χ2v) is 7.83. The molecular formula is C24H46N4O8. The van der Waals surface area contributed by atoms with Crippen LogP contribution in [0.1, 0.15) is 40.5 Å². The van der Waals surface area contributed by atoms with Gasteiger partial charge in [0.15, 0.2) is 0 Å². The van der Waals surface area contributed by atoms with E-state index >= 15 is 0 Å². The second-order valence-electron chi connectivity index (χ2n) is 7.83. The van der Waals surface area contributed by atoms with Gasteiger partial charge in [0.1, 0.15) is 0 Å². The molecule has 0 aromatic carbocycles. The number of esters is 4. The first-order valence-corrected chi connectivity index (χ1v) is 12.8. The van der Waals surface area contributed by atoms with E-state index in [2.05, 4.69) is 10.6 Å². The number of hydrogen-bond acceptors (Lipinski definition) is 12. The number of nitrogens with one attached hydrogen (secondary N) is 2. The van der Waals surface area contributed by atoms with Crippen LogP contribution in [-0.2, 0) is 38.1 Å². The van der Waals surface area contributed by atoms with Crippen molar-refractivity contribution in [3.8, 4) is 0 Å². The maximum atomic E-state index is 12.1. The molecule has 0 aliphatic carbocycles. The number of hydrogen-bond donors (Lipinski definition) is 2. The SMILES string of the molecule is CCOC(=O)CNCCCN(CCN(CCCNCC(=O)OCC)CC(=O)OCC)CC(=O)OCC. The second kappa shape index (κ2) is 23.1. The summed E-state index contributed by atoms with van der Waals surface area (Å²) in [7, 11) is 0. The molecule has 0 atom stereocenters. The van der Waals surface area contributed by atoms with Gasteiger partial charge in [-0.05, 0) is 66.7 Å². The predicted molar refractivity (Wildman–Crippen MR) is 134 cm³/mol. The van der Waals surface area contributed by atoms with E-state index in [4.69, 9.17) is 18.9 Å². The van der Waals surface area contributed by atoms with Crippen molar-refractivity contribution < 1.29 is 38.1 Å². The van der Waals surface area contributed by atoms with Crippen molar-refractivity contribution in [3.05, 3.63) is 0 Å². The third kappa shape index (κ3) is 20.0. The van der Waals surface area contributed by atoms with Crippen molar-refractivity contribution >= 4 is 23.9 Å². The van der Waals surface area contributed by atoms with Gasteiger partial charge in [-0.1, -0.05) is 0 Å². The first kappa shape index (κ1) is 33.7. The minimum Gasteiger partial charge on any atom is -0.465 e. The Hall–Kier alpha value is -2.28. The van der Waals surface area contributed by atoms with Crippen LogP contribution in [0.15, 0.2) is 0 Å². The van der Waals surface area contributed by atoms with Gasteiger partial charge in [0.25, 0.3) is 0 Å². The van der Waals surface area contributed by atoms with E-state index in [0.29, 0.717) is 78.5 Å². The first-order valence-electron chi connectivity index (χ1n) is 12.8. The molecule has 210 valence electrons. The molecule has 2 N–H and O–H groups in total. The van der Waals surface area contributed by atoms with Gasteiger partial charge >= 0.3 is 23.9 Å². The monoisotopic (exact) mass is 518 g/mol. The van der Waals surface area contributed by atoms with Crippen molar-refractivity contribution in [1.82, 2.24) is 20.4 Å². The van der Waals surface area contributed by atoms with Crippen LogP contribution in [0, 0.1) is 0 Å². The highest BCUT2D eigenvalue weighted by atomic mass is 16.5. The largest absolute Gasteiger partial charge is 0.465 e. The Labute approximate surface area is 215 Å². The summed E-state index contributed by atoms with van der Waals surface area (Å²) in [6.07, 6.45) is 1.43. The molecule has 0 bridgehead atoms. The lowest BCUT2D eigenvalue weighted by Gasteiger charge is -2.27. The lowest BCUT2D eigenvalue weighted by atomic mass is 10.3. The zero-order valence-electron chi connectivity index (χ0n) is 22.5. The summed E-state index contributed by atoms with van der Waals surface area (Å²) in [6, 6.07) is 0. The minimum absolute atomic E-state index is 0.139. The molecule has 0 aliphatic heterocycles. The van der Waals surface area contributed by atoms with Crippen LogP contribution in [0.25, 0.3) is 0 Å². The molecule has 0 fully saturated rings. The summed E-state index contributed by atoms with van der Waals surface area (Å²) >= 11 is 0.